The maximum atomic E-state index is 5.12. The fourth-order valence-electron chi connectivity index (χ4n) is 1.08. The van der Waals surface area contributed by atoms with Gasteiger partial charge in [0.25, 0.3) is 0 Å². The largest absolute Gasteiger partial charge is 0.497 e. The Kier molecular flexibility index (Phi) is 5.51. The molecule has 3 heteroatoms. The predicted octanol–water partition coefficient (Wildman–Crippen LogP) is 2.40. The first kappa shape index (κ1) is 12.3. The van der Waals surface area contributed by atoms with Gasteiger partial charge in [-0.05, 0) is 31.7 Å². The van der Waals surface area contributed by atoms with Crippen molar-refractivity contribution in [3.8, 4) is 5.75 Å². The van der Waals surface area contributed by atoms with Crippen molar-refractivity contribution in [2.45, 2.75) is 13.0 Å². The second-order valence-corrected chi connectivity index (χ2v) is 2.79. The normalized spacial score (nSPS) is 11.6. The van der Waals surface area contributed by atoms with Gasteiger partial charge in [0.05, 0.1) is 7.11 Å². The number of ether oxygens (including phenoxy) is 1. The molecular weight excluding hydrogens is 186 g/mol. The minimum atomic E-state index is 0. The second-order valence-electron chi connectivity index (χ2n) is 2.79. The highest BCUT2D eigenvalue weighted by Crippen LogP contribution is 2.17. The minimum absolute atomic E-state index is 0. The zero-order valence-corrected chi connectivity index (χ0v) is 9.02. The van der Waals surface area contributed by atoms with Gasteiger partial charge in [-0.2, -0.15) is 0 Å². The van der Waals surface area contributed by atoms with Crippen LogP contribution in [0, 0.1) is 0 Å². The topological polar surface area (TPSA) is 21.3 Å². The molecule has 74 valence electrons. The van der Waals surface area contributed by atoms with Crippen molar-refractivity contribution in [2.75, 3.05) is 14.2 Å². The molecule has 1 N–H and O–H groups in total. The molecule has 0 saturated heterocycles. The van der Waals surface area contributed by atoms with Crippen LogP contribution >= 0.6 is 12.4 Å². The third-order valence-corrected chi connectivity index (χ3v) is 2.03. The van der Waals surface area contributed by atoms with Crippen molar-refractivity contribution in [1.29, 1.82) is 0 Å². The minimum Gasteiger partial charge on any atom is -0.497 e. The summed E-state index contributed by atoms with van der Waals surface area (Å²) in [6.45, 7) is 2.12. The summed E-state index contributed by atoms with van der Waals surface area (Å²) in [4.78, 5) is 0. The van der Waals surface area contributed by atoms with Gasteiger partial charge >= 0.3 is 0 Å². The molecule has 0 radical (unpaired) electrons. The van der Waals surface area contributed by atoms with E-state index in [1.165, 1.54) is 5.56 Å². The van der Waals surface area contributed by atoms with Gasteiger partial charge in [-0.15, -0.1) is 12.4 Å². The van der Waals surface area contributed by atoms with Crippen LogP contribution in [-0.2, 0) is 0 Å². The highest BCUT2D eigenvalue weighted by molar-refractivity contribution is 5.85. The molecule has 0 heterocycles. The lowest BCUT2D eigenvalue weighted by Gasteiger charge is -2.11. The summed E-state index contributed by atoms with van der Waals surface area (Å²) in [7, 11) is 3.63. The molecule has 0 bridgehead atoms. The molecular formula is C10H16ClNO. The van der Waals surface area contributed by atoms with Gasteiger partial charge in [0.15, 0.2) is 0 Å². The molecule has 2 nitrogen and oxygen atoms in total. The maximum absolute atomic E-state index is 5.12. The SMILES string of the molecule is CN[C@@H](C)c1cccc(OC)c1.Cl. The number of benzene rings is 1. The lowest BCUT2D eigenvalue weighted by atomic mass is 10.1. The van der Waals surface area contributed by atoms with E-state index in [9.17, 15) is 0 Å². The van der Waals surface area contributed by atoms with Crippen molar-refractivity contribution in [2.24, 2.45) is 0 Å². The summed E-state index contributed by atoms with van der Waals surface area (Å²) in [5.41, 5.74) is 1.25. The molecule has 0 aromatic heterocycles. The van der Waals surface area contributed by atoms with Crippen LogP contribution in [0.4, 0.5) is 0 Å². The molecule has 1 aromatic carbocycles. The van der Waals surface area contributed by atoms with E-state index in [0.717, 1.165) is 5.75 Å². The average molecular weight is 202 g/mol. The van der Waals surface area contributed by atoms with Gasteiger partial charge in [-0.1, -0.05) is 12.1 Å². The quantitative estimate of drug-likeness (QED) is 0.811. The molecule has 1 atom stereocenters. The summed E-state index contributed by atoms with van der Waals surface area (Å²) in [5, 5.41) is 3.18. The molecule has 0 aliphatic carbocycles. The Balaban J connectivity index is 0.00000144. The molecule has 0 amide bonds. The first-order chi connectivity index (χ1) is 5.77. The predicted molar refractivity (Wildman–Crippen MR) is 57.7 cm³/mol. The number of halogens is 1. The van der Waals surface area contributed by atoms with Crippen LogP contribution in [0.15, 0.2) is 24.3 Å². The van der Waals surface area contributed by atoms with Crippen LogP contribution < -0.4 is 10.1 Å². The Morgan fingerprint density at radius 2 is 2.08 bits per heavy atom. The van der Waals surface area contributed by atoms with Crippen LogP contribution in [0.3, 0.4) is 0 Å². The fourth-order valence-corrected chi connectivity index (χ4v) is 1.08. The van der Waals surface area contributed by atoms with Crippen LogP contribution in [-0.4, -0.2) is 14.2 Å². The molecule has 0 saturated carbocycles. The Hall–Kier alpha value is -0.730. The Bertz CT molecular complexity index is 252. The number of nitrogens with one attached hydrogen (secondary N) is 1. The molecule has 0 spiro atoms. The van der Waals surface area contributed by atoms with E-state index in [-0.39, 0.29) is 12.4 Å². The monoisotopic (exact) mass is 201 g/mol. The van der Waals surface area contributed by atoms with Gasteiger partial charge in [-0.3, -0.25) is 0 Å². The van der Waals surface area contributed by atoms with E-state index in [2.05, 4.69) is 18.3 Å². The fraction of sp³-hybridized carbons (Fsp3) is 0.400. The first-order valence-electron chi connectivity index (χ1n) is 4.09. The Labute approximate surface area is 85.7 Å². The van der Waals surface area contributed by atoms with Crippen molar-refractivity contribution in [3.05, 3.63) is 29.8 Å². The van der Waals surface area contributed by atoms with Crippen molar-refractivity contribution in [3.63, 3.8) is 0 Å². The summed E-state index contributed by atoms with van der Waals surface area (Å²) >= 11 is 0. The third-order valence-electron chi connectivity index (χ3n) is 2.03. The van der Waals surface area contributed by atoms with E-state index < -0.39 is 0 Å². The van der Waals surface area contributed by atoms with Crippen molar-refractivity contribution < 1.29 is 4.74 Å². The Morgan fingerprint density at radius 3 is 2.62 bits per heavy atom. The lowest BCUT2D eigenvalue weighted by Crippen LogP contribution is -2.11. The molecule has 1 rings (SSSR count). The third kappa shape index (κ3) is 3.25. The van der Waals surface area contributed by atoms with Crippen LogP contribution in [0.1, 0.15) is 18.5 Å². The lowest BCUT2D eigenvalue weighted by molar-refractivity contribution is 0.413. The molecule has 0 aliphatic heterocycles. The van der Waals surface area contributed by atoms with Crippen molar-refractivity contribution in [1.82, 2.24) is 5.32 Å². The van der Waals surface area contributed by atoms with E-state index in [1.54, 1.807) is 7.11 Å². The van der Waals surface area contributed by atoms with Gasteiger partial charge in [0.2, 0.25) is 0 Å². The van der Waals surface area contributed by atoms with E-state index in [0.29, 0.717) is 6.04 Å². The number of rotatable bonds is 3. The molecule has 13 heavy (non-hydrogen) atoms. The number of methoxy groups -OCH3 is 1. The van der Waals surface area contributed by atoms with E-state index in [1.807, 2.05) is 25.2 Å². The highest BCUT2D eigenvalue weighted by Gasteiger charge is 2.01. The van der Waals surface area contributed by atoms with E-state index in [4.69, 9.17) is 4.74 Å². The van der Waals surface area contributed by atoms with Crippen molar-refractivity contribution >= 4 is 12.4 Å². The first-order valence-corrected chi connectivity index (χ1v) is 4.09. The number of hydrogen-bond acceptors (Lipinski definition) is 2. The zero-order valence-electron chi connectivity index (χ0n) is 8.20. The highest BCUT2D eigenvalue weighted by atomic mass is 35.5. The maximum Gasteiger partial charge on any atom is 0.119 e. The average Bonchev–Trinajstić information content (AvgIpc) is 2.17. The van der Waals surface area contributed by atoms with Gasteiger partial charge in [0.1, 0.15) is 5.75 Å². The molecule has 0 aliphatic rings. The molecule has 0 unspecified atom stereocenters. The molecule has 1 aromatic rings. The van der Waals surface area contributed by atoms with Crippen LogP contribution in [0.5, 0.6) is 5.75 Å². The standard InChI is InChI=1S/C10H15NO.ClH/c1-8(11-2)9-5-4-6-10(7-9)12-3;/h4-8,11H,1-3H3;1H/t8-;/m0./s1. The van der Waals surface area contributed by atoms with Crippen LogP contribution in [0.2, 0.25) is 0 Å². The summed E-state index contributed by atoms with van der Waals surface area (Å²) < 4.78 is 5.12. The van der Waals surface area contributed by atoms with Crippen LogP contribution in [0.25, 0.3) is 0 Å². The summed E-state index contributed by atoms with van der Waals surface area (Å²) in [5.74, 6) is 0.912. The second kappa shape index (κ2) is 5.84. The zero-order chi connectivity index (χ0) is 8.97. The Morgan fingerprint density at radius 1 is 1.38 bits per heavy atom. The van der Waals surface area contributed by atoms with Gasteiger partial charge in [-0.25, -0.2) is 0 Å². The molecule has 0 fully saturated rings. The van der Waals surface area contributed by atoms with Gasteiger partial charge in [0, 0.05) is 6.04 Å². The number of hydrogen-bond donors (Lipinski definition) is 1. The summed E-state index contributed by atoms with van der Waals surface area (Å²) in [6, 6.07) is 8.46. The smallest absolute Gasteiger partial charge is 0.119 e. The van der Waals surface area contributed by atoms with Gasteiger partial charge < -0.3 is 10.1 Å². The summed E-state index contributed by atoms with van der Waals surface area (Å²) in [6.07, 6.45) is 0. The van der Waals surface area contributed by atoms with E-state index >= 15 is 0 Å².